The maximum Gasteiger partial charge on any atom is 0.130 e. The lowest BCUT2D eigenvalue weighted by Gasteiger charge is -2.23. The minimum absolute atomic E-state index is 0.300. The second-order valence-electron chi connectivity index (χ2n) is 6.62. The first kappa shape index (κ1) is 17.6. The molecule has 0 aliphatic rings. The molecule has 122 valence electrons. The van der Waals surface area contributed by atoms with Crippen LogP contribution in [0, 0.1) is 0 Å². The van der Waals surface area contributed by atoms with Gasteiger partial charge in [-0.2, -0.15) is 0 Å². The van der Waals surface area contributed by atoms with Gasteiger partial charge in [0.2, 0.25) is 0 Å². The molecule has 0 bridgehead atoms. The van der Waals surface area contributed by atoms with Gasteiger partial charge in [0.25, 0.3) is 0 Å². The van der Waals surface area contributed by atoms with Crippen LogP contribution in [0.2, 0.25) is 0 Å². The minimum Gasteiger partial charge on any atom is -0.322 e. The number of hydrogen-bond donors (Lipinski definition) is 1. The van der Waals surface area contributed by atoms with Crippen molar-refractivity contribution in [3.63, 3.8) is 0 Å². The van der Waals surface area contributed by atoms with Gasteiger partial charge in [-0.15, -0.1) is 11.3 Å². The van der Waals surface area contributed by atoms with E-state index in [1.54, 1.807) is 11.3 Å². The van der Waals surface area contributed by atoms with Crippen molar-refractivity contribution in [2.45, 2.75) is 45.1 Å². The van der Waals surface area contributed by atoms with E-state index in [1.807, 2.05) is 63.4 Å². The highest BCUT2D eigenvalue weighted by molar-refractivity contribution is 7.14. The van der Waals surface area contributed by atoms with Crippen molar-refractivity contribution in [3.8, 4) is 0 Å². The van der Waals surface area contributed by atoms with Gasteiger partial charge in [-0.1, -0.05) is 19.1 Å². The maximum atomic E-state index is 11.1. The molecule has 2 aromatic rings. The highest BCUT2D eigenvalue weighted by atomic mass is 32.1. The normalized spacial score (nSPS) is 14.8. The summed E-state index contributed by atoms with van der Waals surface area (Å²) in [7, 11) is 0. The van der Waals surface area contributed by atoms with Gasteiger partial charge in [0, 0.05) is 21.5 Å². The fourth-order valence-electron chi connectivity index (χ4n) is 2.10. The van der Waals surface area contributed by atoms with Crippen LogP contribution in [-0.2, 0) is 15.7 Å². The lowest BCUT2D eigenvalue weighted by molar-refractivity contribution is -0.111. The molecule has 1 aromatic carbocycles. The Bertz CT molecular complexity index is 696. The van der Waals surface area contributed by atoms with Crippen LogP contribution in [-0.4, -0.2) is 12.5 Å². The van der Waals surface area contributed by atoms with E-state index in [-0.39, 0.29) is 5.54 Å². The molecule has 0 radical (unpaired) electrons. The standard InChI is InChI=1S/C19H24N2OS/c1-5-19(4,20)14-6-8-15(9-7-14)21-12-16-10-11-17(23-16)18(2,3)13-22/h6-13H,5,20H2,1-4H3. The second-order valence-corrected chi connectivity index (χ2v) is 7.73. The van der Waals surface area contributed by atoms with E-state index < -0.39 is 5.41 Å². The van der Waals surface area contributed by atoms with Gasteiger partial charge in [-0.05, 0) is 57.0 Å². The Morgan fingerprint density at radius 3 is 2.35 bits per heavy atom. The Morgan fingerprint density at radius 2 is 1.78 bits per heavy atom. The summed E-state index contributed by atoms with van der Waals surface area (Å²) in [5.41, 5.74) is 7.51. The molecule has 23 heavy (non-hydrogen) atoms. The number of hydrogen-bond acceptors (Lipinski definition) is 4. The van der Waals surface area contributed by atoms with Gasteiger partial charge >= 0.3 is 0 Å². The summed E-state index contributed by atoms with van der Waals surface area (Å²) in [5.74, 6) is 0. The topological polar surface area (TPSA) is 55.4 Å². The van der Waals surface area contributed by atoms with Crippen LogP contribution in [0.5, 0.6) is 0 Å². The quantitative estimate of drug-likeness (QED) is 0.624. The average Bonchev–Trinajstić information content (AvgIpc) is 3.03. The zero-order chi connectivity index (χ0) is 17.1. The number of thiophene rings is 1. The van der Waals surface area contributed by atoms with Crippen molar-refractivity contribution < 1.29 is 4.79 Å². The molecule has 3 nitrogen and oxygen atoms in total. The first-order valence-corrected chi connectivity index (χ1v) is 8.60. The third-order valence-electron chi connectivity index (χ3n) is 4.16. The molecule has 1 unspecified atom stereocenters. The van der Waals surface area contributed by atoms with Crippen molar-refractivity contribution in [2.24, 2.45) is 10.7 Å². The molecule has 0 fully saturated rings. The van der Waals surface area contributed by atoms with Crippen LogP contribution in [0.15, 0.2) is 41.4 Å². The summed E-state index contributed by atoms with van der Waals surface area (Å²) in [4.78, 5) is 17.7. The Balaban J connectivity index is 2.13. The Labute approximate surface area is 142 Å². The van der Waals surface area contributed by atoms with Gasteiger partial charge < -0.3 is 10.5 Å². The number of aliphatic imine (C=N–C) groups is 1. The summed E-state index contributed by atoms with van der Waals surface area (Å²) in [6.45, 7) is 7.96. The largest absolute Gasteiger partial charge is 0.322 e. The molecule has 0 spiro atoms. The minimum atomic E-state index is -0.440. The van der Waals surface area contributed by atoms with E-state index in [9.17, 15) is 4.79 Å². The Hall–Kier alpha value is -1.78. The molecule has 0 saturated carbocycles. The highest BCUT2D eigenvalue weighted by Crippen LogP contribution is 2.28. The first-order valence-electron chi connectivity index (χ1n) is 7.78. The Kier molecular flexibility index (Phi) is 5.17. The van der Waals surface area contributed by atoms with Crippen LogP contribution >= 0.6 is 11.3 Å². The average molecular weight is 328 g/mol. The van der Waals surface area contributed by atoms with Gasteiger partial charge in [-0.25, -0.2) is 0 Å². The van der Waals surface area contributed by atoms with E-state index in [0.717, 1.165) is 33.7 Å². The van der Waals surface area contributed by atoms with E-state index in [4.69, 9.17) is 5.73 Å². The summed E-state index contributed by atoms with van der Waals surface area (Å²) >= 11 is 1.59. The van der Waals surface area contributed by atoms with Crippen LogP contribution in [0.1, 0.15) is 49.4 Å². The monoisotopic (exact) mass is 328 g/mol. The molecule has 1 heterocycles. The summed E-state index contributed by atoms with van der Waals surface area (Å²) in [6.07, 6.45) is 3.71. The smallest absolute Gasteiger partial charge is 0.130 e. The van der Waals surface area contributed by atoms with Crippen LogP contribution < -0.4 is 5.73 Å². The van der Waals surface area contributed by atoms with Crippen LogP contribution in [0.25, 0.3) is 0 Å². The van der Waals surface area contributed by atoms with E-state index in [1.165, 1.54) is 0 Å². The van der Waals surface area contributed by atoms with Crippen LogP contribution in [0.3, 0.4) is 0 Å². The SMILES string of the molecule is CCC(C)(N)c1ccc(N=Cc2ccc(C(C)(C)C=O)s2)cc1. The predicted molar refractivity (Wildman–Crippen MR) is 98.9 cm³/mol. The second kappa shape index (κ2) is 6.77. The molecule has 0 aliphatic carbocycles. The van der Waals surface area contributed by atoms with Gasteiger partial charge in [-0.3, -0.25) is 4.99 Å². The lowest BCUT2D eigenvalue weighted by Crippen LogP contribution is -2.31. The molecule has 4 heteroatoms. The number of nitrogens with zero attached hydrogens (tertiary/aromatic N) is 1. The van der Waals surface area contributed by atoms with E-state index in [0.29, 0.717) is 0 Å². The van der Waals surface area contributed by atoms with Gasteiger partial charge in [0.05, 0.1) is 11.1 Å². The van der Waals surface area contributed by atoms with Crippen LogP contribution in [0.4, 0.5) is 5.69 Å². The number of aldehydes is 1. The third-order valence-corrected chi connectivity index (χ3v) is 5.52. The fraction of sp³-hybridized carbons (Fsp3) is 0.368. The fourth-order valence-corrected chi connectivity index (χ4v) is 3.04. The molecule has 1 atom stereocenters. The van der Waals surface area contributed by atoms with Crippen molar-refractivity contribution >= 4 is 29.5 Å². The van der Waals surface area contributed by atoms with Gasteiger partial charge in [0.1, 0.15) is 6.29 Å². The predicted octanol–water partition coefficient (Wildman–Crippen LogP) is 4.56. The summed E-state index contributed by atoms with van der Waals surface area (Å²) in [6, 6.07) is 12.0. The zero-order valence-corrected chi connectivity index (χ0v) is 15.0. The number of rotatable bonds is 6. The number of carbonyl (C=O) groups excluding carboxylic acids is 1. The lowest BCUT2D eigenvalue weighted by atomic mass is 9.90. The van der Waals surface area contributed by atoms with E-state index in [2.05, 4.69) is 11.9 Å². The van der Waals surface area contributed by atoms with Crippen molar-refractivity contribution in [3.05, 3.63) is 51.7 Å². The molecule has 0 aliphatic heterocycles. The molecule has 1 aromatic heterocycles. The number of nitrogens with two attached hydrogens (primary N) is 1. The Morgan fingerprint density at radius 1 is 1.13 bits per heavy atom. The molecule has 2 N–H and O–H groups in total. The highest BCUT2D eigenvalue weighted by Gasteiger charge is 2.21. The molecule has 2 rings (SSSR count). The zero-order valence-electron chi connectivity index (χ0n) is 14.2. The third kappa shape index (κ3) is 4.15. The molecular weight excluding hydrogens is 304 g/mol. The molecular formula is C19H24N2OS. The molecule has 0 amide bonds. The van der Waals surface area contributed by atoms with Gasteiger partial charge in [0.15, 0.2) is 0 Å². The number of carbonyl (C=O) groups is 1. The maximum absolute atomic E-state index is 11.1. The van der Waals surface area contributed by atoms with Crippen molar-refractivity contribution in [2.75, 3.05) is 0 Å². The van der Waals surface area contributed by atoms with E-state index >= 15 is 0 Å². The van der Waals surface area contributed by atoms with Crippen molar-refractivity contribution in [1.82, 2.24) is 0 Å². The molecule has 0 saturated heterocycles. The summed E-state index contributed by atoms with van der Waals surface area (Å²) < 4.78 is 0. The summed E-state index contributed by atoms with van der Waals surface area (Å²) in [5, 5.41) is 0. The first-order chi connectivity index (χ1) is 10.8. The number of benzene rings is 1. The van der Waals surface area contributed by atoms with Crippen molar-refractivity contribution in [1.29, 1.82) is 0 Å².